The molecule has 0 spiro atoms. The molecule has 1 atom stereocenters. The smallest absolute Gasteiger partial charge is 0.419 e. The van der Waals surface area contributed by atoms with Crippen molar-refractivity contribution in [3.63, 3.8) is 0 Å². The Morgan fingerprint density at radius 3 is 2.00 bits per heavy atom. The number of alkyl halides is 6. The molecule has 2 aromatic carbocycles. The minimum Gasteiger partial charge on any atom is -0.496 e. The fourth-order valence-electron chi connectivity index (χ4n) is 3.54. The predicted molar refractivity (Wildman–Crippen MR) is 96.7 cm³/mol. The van der Waals surface area contributed by atoms with E-state index < -0.39 is 59.0 Å². The van der Waals surface area contributed by atoms with Gasteiger partial charge in [-0.15, -0.1) is 0 Å². The summed E-state index contributed by atoms with van der Waals surface area (Å²) in [5.74, 6) is -2.30. The van der Waals surface area contributed by atoms with Gasteiger partial charge in [-0.25, -0.2) is 8.78 Å². The van der Waals surface area contributed by atoms with Gasteiger partial charge in [-0.3, -0.25) is 0 Å². The minimum atomic E-state index is -5.25. The lowest BCUT2D eigenvalue weighted by Crippen LogP contribution is -2.50. The van der Waals surface area contributed by atoms with E-state index >= 15 is 0 Å². The van der Waals surface area contributed by atoms with E-state index in [4.69, 9.17) is 4.74 Å². The number of benzene rings is 2. The number of ether oxygens (including phenoxy) is 1. The first-order valence-electron chi connectivity index (χ1n) is 8.99. The van der Waals surface area contributed by atoms with Crippen molar-refractivity contribution in [3.8, 4) is 5.75 Å². The minimum absolute atomic E-state index is 0.0350. The van der Waals surface area contributed by atoms with E-state index in [0.29, 0.717) is 6.07 Å². The van der Waals surface area contributed by atoms with Crippen LogP contribution >= 0.6 is 0 Å². The van der Waals surface area contributed by atoms with Gasteiger partial charge in [0.05, 0.1) is 12.7 Å². The molecule has 31 heavy (non-hydrogen) atoms. The maximum atomic E-state index is 13.9. The number of hydrogen-bond acceptors (Lipinski definition) is 2. The molecule has 0 bridgehead atoms. The molecule has 0 aliphatic heterocycles. The van der Waals surface area contributed by atoms with Crippen LogP contribution in [0.2, 0.25) is 0 Å². The molecule has 0 saturated carbocycles. The number of rotatable bonds is 6. The van der Waals surface area contributed by atoms with Crippen molar-refractivity contribution >= 4 is 0 Å². The summed E-state index contributed by atoms with van der Waals surface area (Å²) in [5.41, 5.74) is -7.26. The Morgan fingerprint density at radius 1 is 0.871 bits per heavy atom. The summed E-state index contributed by atoms with van der Waals surface area (Å²) in [4.78, 5) is 0. The van der Waals surface area contributed by atoms with Crippen LogP contribution in [0.5, 0.6) is 5.75 Å². The number of methoxy groups -OCH3 is 1. The molecule has 0 aliphatic rings. The average molecular weight is 456 g/mol. The van der Waals surface area contributed by atoms with Crippen molar-refractivity contribution in [3.05, 3.63) is 64.7 Å². The van der Waals surface area contributed by atoms with Gasteiger partial charge in [-0.1, -0.05) is 19.9 Å². The van der Waals surface area contributed by atoms with Crippen LogP contribution in [0.25, 0.3) is 0 Å². The molecule has 1 N–H and O–H groups in total. The molecular formula is C21H20F8O2. The zero-order valence-electron chi connectivity index (χ0n) is 16.8. The standard InChI is InChI=1S/C21H20F8O2/c1-18(2,15-9-13(22)5-7-17(15)31-3)11-19(30,21(27,28)29)10-12-4-6-16(23)14(8-12)20(24,25)26/h4-9,30H,10-11H2,1-3H3. The zero-order valence-corrected chi connectivity index (χ0v) is 16.8. The van der Waals surface area contributed by atoms with Crippen LogP contribution in [0.1, 0.15) is 37.0 Å². The summed E-state index contributed by atoms with van der Waals surface area (Å²) in [6.07, 6.45) is -12.7. The monoisotopic (exact) mass is 456 g/mol. The molecule has 2 rings (SSSR count). The lowest BCUT2D eigenvalue weighted by Gasteiger charge is -2.38. The summed E-state index contributed by atoms with van der Waals surface area (Å²) < 4.78 is 113. The largest absolute Gasteiger partial charge is 0.496 e. The molecule has 2 nitrogen and oxygen atoms in total. The molecule has 2 aromatic rings. The highest BCUT2D eigenvalue weighted by Crippen LogP contribution is 2.45. The van der Waals surface area contributed by atoms with Crippen molar-refractivity contribution in [1.82, 2.24) is 0 Å². The maximum Gasteiger partial charge on any atom is 0.419 e. The topological polar surface area (TPSA) is 29.5 Å². The van der Waals surface area contributed by atoms with Crippen LogP contribution in [0, 0.1) is 11.6 Å². The van der Waals surface area contributed by atoms with E-state index in [9.17, 15) is 40.2 Å². The van der Waals surface area contributed by atoms with Crippen LogP contribution in [-0.4, -0.2) is 24.0 Å². The normalized spacial score (nSPS) is 15.0. The van der Waals surface area contributed by atoms with Crippen molar-refractivity contribution in [2.24, 2.45) is 0 Å². The second kappa shape index (κ2) is 8.29. The third-order valence-corrected chi connectivity index (χ3v) is 4.99. The van der Waals surface area contributed by atoms with E-state index in [1.54, 1.807) is 0 Å². The SMILES string of the molecule is COc1ccc(F)cc1C(C)(C)CC(O)(Cc1ccc(F)c(C(F)(F)F)c1)C(F)(F)F. The van der Waals surface area contributed by atoms with E-state index in [1.165, 1.54) is 27.0 Å². The number of halogens is 8. The lowest BCUT2D eigenvalue weighted by molar-refractivity contribution is -0.266. The molecule has 172 valence electrons. The van der Waals surface area contributed by atoms with Gasteiger partial charge < -0.3 is 9.84 Å². The number of aliphatic hydroxyl groups is 1. The van der Waals surface area contributed by atoms with Gasteiger partial charge in [-0.2, -0.15) is 26.3 Å². The second-order valence-electron chi connectivity index (χ2n) is 7.92. The van der Waals surface area contributed by atoms with Gasteiger partial charge in [0, 0.05) is 12.0 Å². The van der Waals surface area contributed by atoms with Gasteiger partial charge >= 0.3 is 12.4 Å². The van der Waals surface area contributed by atoms with Gasteiger partial charge in [-0.05, 0) is 47.7 Å². The summed E-state index contributed by atoms with van der Waals surface area (Å²) >= 11 is 0. The Labute approximate surface area is 173 Å². The third kappa shape index (κ3) is 5.47. The summed E-state index contributed by atoms with van der Waals surface area (Å²) in [6.45, 7) is 2.62. The molecule has 0 aliphatic carbocycles. The summed E-state index contributed by atoms with van der Waals surface area (Å²) in [7, 11) is 1.24. The second-order valence-corrected chi connectivity index (χ2v) is 7.92. The Kier molecular flexibility index (Phi) is 6.66. The molecule has 1 unspecified atom stereocenters. The van der Waals surface area contributed by atoms with Crippen LogP contribution in [0.15, 0.2) is 36.4 Å². The van der Waals surface area contributed by atoms with Gasteiger partial charge in [0.1, 0.15) is 17.4 Å². The Hall–Kier alpha value is -2.36. The molecule has 0 radical (unpaired) electrons. The average Bonchev–Trinajstić information content (AvgIpc) is 2.61. The molecule has 0 heterocycles. The van der Waals surface area contributed by atoms with Crippen molar-refractivity contribution < 1.29 is 45.0 Å². The molecule has 0 aromatic heterocycles. The van der Waals surface area contributed by atoms with Crippen molar-refractivity contribution in [1.29, 1.82) is 0 Å². The van der Waals surface area contributed by atoms with Crippen LogP contribution in [0.4, 0.5) is 35.1 Å². The molecule has 0 amide bonds. The third-order valence-electron chi connectivity index (χ3n) is 4.99. The molecule has 10 heteroatoms. The Balaban J connectivity index is 2.50. The highest BCUT2D eigenvalue weighted by atomic mass is 19.4. The Bertz CT molecular complexity index is 934. The summed E-state index contributed by atoms with van der Waals surface area (Å²) in [5, 5.41) is 10.6. The highest BCUT2D eigenvalue weighted by Gasteiger charge is 2.56. The van der Waals surface area contributed by atoms with Crippen LogP contribution in [0.3, 0.4) is 0 Å². The lowest BCUT2D eigenvalue weighted by atomic mass is 9.72. The van der Waals surface area contributed by atoms with Crippen LogP contribution in [-0.2, 0) is 18.0 Å². The van der Waals surface area contributed by atoms with Crippen molar-refractivity contribution in [2.75, 3.05) is 7.11 Å². The van der Waals surface area contributed by atoms with Gasteiger partial charge in [0.25, 0.3) is 0 Å². The Morgan fingerprint density at radius 2 is 1.48 bits per heavy atom. The van der Waals surface area contributed by atoms with Crippen LogP contribution < -0.4 is 4.74 Å². The predicted octanol–water partition coefficient (Wildman–Crippen LogP) is 6.20. The number of hydrogen-bond donors (Lipinski definition) is 1. The first-order chi connectivity index (χ1) is 14.0. The fourth-order valence-corrected chi connectivity index (χ4v) is 3.54. The molecule has 0 saturated heterocycles. The van der Waals surface area contributed by atoms with E-state index in [2.05, 4.69) is 0 Å². The first-order valence-corrected chi connectivity index (χ1v) is 8.99. The van der Waals surface area contributed by atoms with E-state index in [-0.39, 0.29) is 17.4 Å². The summed E-state index contributed by atoms with van der Waals surface area (Å²) in [6, 6.07) is 4.62. The fraction of sp³-hybridized carbons (Fsp3) is 0.429. The van der Waals surface area contributed by atoms with E-state index in [0.717, 1.165) is 18.2 Å². The zero-order chi connectivity index (χ0) is 23.8. The van der Waals surface area contributed by atoms with E-state index in [1.807, 2.05) is 0 Å². The first kappa shape index (κ1) is 24.9. The quantitative estimate of drug-likeness (QED) is 0.525. The molecule has 0 fully saturated rings. The van der Waals surface area contributed by atoms with Gasteiger partial charge in [0.15, 0.2) is 5.60 Å². The van der Waals surface area contributed by atoms with Gasteiger partial charge in [0.2, 0.25) is 0 Å². The maximum absolute atomic E-state index is 13.9. The van der Waals surface area contributed by atoms with Crippen molar-refractivity contribution in [2.45, 2.75) is 50.1 Å². The highest BCUT2D eigenvalue weighted by molar-refractivity contribution is 5.40. The molecular weight excluding hydrogens is 436 g/mol.